The minimum Gasteiger partial charge on any atom is -0.375 e. The molecule has 5 nitrogen and oxygen atoms in total. The van der Waals surface area contributed by atoms with Crippen LogP contribution in [0.4, 0.5) is 5.13 Å². The molecule has 7 heteroatoms. The van der Waals surface area contributed by atoms with Crippen molar-refractivity contribution in [3.8, 4) is 0 Å². The maximum atomic E-state index is 5.64. The van der Waals surface area contributed by atoms with Gasteiger partial charge >= 0.3 is 0 Å². The van der Waals surface area contributed by atoms with E-state index in [9.17, 15) is 0 Å². The molecule has 0 aliphatic carbocycles. The lowest BCUT2D eigenvalue weighted by Crippen LogP contribution is -1.97. The molecule has 0 atom stereocenters. The molecule has 2 N–H and O–H groups in total. The summed E-state index contributed by atoms with van der Waals surface area (Å²) in [7, 11) is 1.97. The van der Waals surface area contributed by atoms with Crippen LogP contribution >= 0.6 is 23.1 Å². The molecule has 0 amide bonds. The first kappa shape index (κ1) is 11.4. The highest BCUT2D eigenvalue weighted by Gasteiger charge is 2.09. The molecular weight excluding hydrogens is 242 g/mol. The van der Waals surface area contributed by atoms with Crippen molar-refractivity contribution < 1.29 is 0 Å². The Kier molecular flexibility index (Phi) is 3.15. The SMILES string of the molecule is Cc1nc(N)sc1SCc1nnc(C)n1C. The molecule has 0 aromatic carbocycles. The van der Waals surface area contributed by atoms with E-state index in [4.69, 9.17) is 5.73 Å². The van der Waals surface area contributed by atoms with Gasteiger partial charge in [0.1, 0.15) is 11.6 Å². The van der Waals surface area contributed by atoms with Gasteiger partial charge in [-0.25, -0.2) is 4.98 Å². The van der Waals surface area contributed by atoms with Crippen LogP contribution in [0.3, 0.4) is 0 Å². The summed E-state index contributed by atoms with van der Waals surface area (Å²) in [6.45, 7) is 3.91. The Hall–Kier alpha value is -1.08. The largest absolute Gasteiger partial charge is 0.375 e. The van der Waals surface area contributed by atoms with Crippen LogP contribution in [0.1, 0.15) is 17.3 Å². The Balaban J connectivity index is 2.08. The first-order chi connectivity index (χ1) is 7.58. The van der Waals surface area contributed by atoms with Crippen LogP contribution in [0.5, 0.6) is 0 Å². The van der Waals surface area contributed by atoms with Gasteiger partial charge in [-0.15, -0.1) is 22.0 Å². The van der Waals surface area contributed by atoms with E-state index in [2.05, 4.69) is 15.2 Å². The van der Waals surface area contributed by atoms with Crippen LogP contribution in [0.15, 0.2) is 4.21 Å². The number of nitrogens with two attached hydrogens (primary N) is 1. The monoisotopic (exact) mass is 255 g/mol. The fourth-order valence-corrected chi connectivity index (χ4v) is 3.24. The average Bonchev–Trinajstić information content (AvgIpc) is 2.70. The zero-order valence-corrected chi connectivity index (χ0v) is 11.0. The Morgan fingerprint density at radius 2 is 2.12 bits per heavy atom. The molecule has 0 unspecified atom stereocenters. The molecular formula is C9H13N5S2. The number of hydrogen-bond acceptors (Lipinski definition) is 6. The minimum absolute atomic E-state index is 0.620. The second-order valence-electron chi connectivity index (χ2n) is 3.44. The van der Waals surface area contributed by atoms with Crippen molar-refractivity contribution in [3.63, 3.8) is 0 Å². The van der Waals surface area contributed by atoms with Gasteiger partial charge in [0, 0.05) is 7.05 Å². The molecule has 2 aromatic heterocycles. The van der Waals surface area contributed by atoms with E-state index in [1.807, 2.05) is 25.5 Å². The maximum absolute atomic E-state index is 5.64. The lowest BCUT2D eigenvalue weighted by molar-refractivity contribution is 0.817. The molecule has 86 valence electrons. The summed E-state index contributed by atoms with van der Waals surface area (Å²) in [4.78, 5) is 4.18. The van der Waals surface area contributed by atoms with Crippen LogP contribution in [0.25, 0.3) is 0 Å². The van der Waals surface area contributed by atoms with E-state index in [0.717, 1.165) is 27.3 Å². The van der Waals surface area contributed by atoms with Crippen molar-refractivity contribution in [3.05, 3.63) is 17.3 Å². The van der Waals surface area contributed by atoms with Gasteiger partial charge in [-0.2, -0.15) is 0 Å². The zero-order chi connectivity index (χ0) is 11.7. The molecule has 0 spiro atoms. The van der Waals surface area contributed by atoms with Gasteiger partial charge < -0.3 is 10.3 Å². The maximum Gasteiger partial charge on any atom is 0.181 e. The van der Waals surface area contributed by atoms with E-state index in [1.165, 1.54) is 11.3 Å². The molecule has 0 aliphatic rings. The normalized spacial score (nSPS) is 10.9. The van der Waals surface area contributed by atoms with Gasteiger partial charge in [-0.1, -0.05) is 11.3 Å². The lowest BCUT2D eigenvalue weighted by atomic mass is 10.6. The highest BCUT2D eigenvalue weighted by atomic mass is 32.2. The van der Waals surface area contributed by atoms with Crippen molar-refractivity contribution in [1.82, 2.24) is 19.7 Å². The zero-order valence-electron chi connectivity index (χ0n) is 9.39. The molecule has 0 fully saturated rings. The third-order valence-electron chi connectivity index (χ3n) is 2.29. The molecule has 0 radical (unpaired) electrons. The van der Waals surface area contributed by atoms with E-state index >= 15 is 0 Å². The Bertz CT molecular complexity index is 500. The van der Waals surface area contributed by atoms with Crippen LogP contribution in [0.2, 0.25) is 0 Å². The van der Waals surface area contributed by atoms with Crippen LogP contribution in [0, 0.1) is 13.8 Å². The minimum atomic E-state index is 0.620. The molecule has 16 heavy (non-hydrogen) atoms. The van der Waals surface area contributed by atoms with Crippen molar-refractivity contribution in [1.29, 1.82) is 0 Å². The summed E-state index contributed by atoms with van der Waals surface area (Å²) in [6, 6.07) is 0. The second-order valence-corrected chi connectivity index (χ2v) is 5.71. The van der Waals surface area contributed by atoms with E-state index in [0.29, 0.717) is 5.13 Å². The quantitative estimate of drug-likeness (QED) is 0.846. The molecule has 2 heterocycles. The van der Waals surface area contributed by atoms with Crippen LogP contribution in [-0.2, 0) is 12.8 Å². The fraction of sp³-hybridized carbons (Fsp3) is 0.444. The fourth-order valence-electron chi connectivity index (χ4n) is 1.24. The number of anilines is 1. The van der Waals surface area contributed by atoms with Crippen molar-refractivity contribution in [2.24, 2.45) is 7.05 Å². The van der Waals surface area contributed by atoms with E-state index < -0.39 is 0 Å². The van der Waals surface area contributed by atoms with Gasteiger partial charge in [0.05, 0.1) is 15.7 Å². The Labute approximate surface area is 102 Å². The summed E-state index contributed by atoms with van der Waals surface area (Å²) in [5.41, 5.74) is 6.64. The number of aryl methyl sites for hydroxylation is 2. The third kappa shape index (κ3) is 2.19. The highest BCUT2D eigenvalue weighted by Crippen LogP contribution is 2.32. The number of nitrogen functional groups attached to an aromatic ring is 1. The van der Waals surface area contributed by atoms with Gasteiger partial charge in [0.25, 0.3) is 0 Å². The third-order valence-corrected chi connectivity index (χ3v) is 4.63. The van der Waals surface area contributed by atoms with E-state index in [1.54, 1.807) is 11.8 Å². The molecule has 2 rings (SSSR count). The lowest BCUT2D eigenvalue weighted by Gasteiger charge is -2.00. The predicted octanol–water partition coefficient (Wildman–Crippen LogP) is 1.76. The van der Waals surface area contributed by atoms with Crippen molar-refractivity contribution in [2.75, 3.05) is 5.73 Å². The summed E-state index contributed by atoms with van der Waals surface area (Å²) in [6.07, 6.45) is 0. The average molecular weight is 255 g/mol. The first-order valence-corrected chi connectivity index (χ1v) is 6.58. The molecule has 0 bridgehead atoms. The number of thioether (sulfide) groups is 1. The summed E-state index contributed by atoms with van der Waals surface area (Å²) < 4.78 is 3.14. The molecule has 0 saturated heterocycles. The number of thiazole rings is 1. The highest BCUT2D eigenvalue weighted by molar-refractivity contribution is 8.00. The second kappa shape index (κ2) is 4.42. The number of aromatic nitrogens is 4. The number of nitrogens with zero attached hydrogens (tertiary/aromatic N) is 4. The van der Waals surface area contributed by atoms with Gasteiger partial charge in [-0.3, -0.25) is 0 Å². The first-order valence-electron chi connectivity index (χ1n) is 4.78. The van der Waals surface area contributed by atoms with Crippen molar-refractivity contribution >= 4 is 28.2 Å². The number of hydrogen-bond donors (Lipinski definition) is 1. The van der Waals surface area contributed by atoms with Gasteiger partial charge in [0.2, 0.25) is 0 Å². The Morgan fingerprint density at radius 1 is 1.38 bits per heavy atom. The smallest absolute Gasteiger partial charge is 0.181 e. The summed E-state index contributed by atoms with van der Waals surface area (Å²) >= 11 is 3.22. The van der Waals surface area contributed by atoms with Crippen LogP contribution in [-0.4, -0.2) is 19.7 Å². The predicted molar refractivity (Wildman–Crippen MR) is 66.6 cm³/mol. The molecule has 2 aromatic rings. The Morgan fingerprint density at radius 3 is 2.62 bits per heavy atom. The van der Waals surface area contributed by atoms with E-state index in [-0.39, 0.29) is 0 Å². The summed E-state index contributed by atoms with van der Waals surface area (Å²) in [5, 5.41) is 8.75. The van der Waals surface area contributed by atoms with Crippen molar-refractivity contribution in [2.45, 2.75) is 23.8 Å². The summed E-state index contributed by atoms with van der Waals surface area (Å²) in [5.74, 6) is 2.69. The van der Waals surface area contributed by atoms with Gasteiger partial charge in [0.15, 0.2) is 5.13 Å². The molecule has 0 saturated carbocycles. The standard InChI is InChI=1S/C9H13N5S2/c1-5-8(16-9(10)11-5)15-4-7-13-12-6(2)14(7)3/h4H2,1-3H3,(H2,10,11). The van der Waals surface area contributed by atoms with Gasteiger partial charge in [-0.05, 0) is 13.8 Å². The topological polar surface area (TPSA) is 69.6 Å². The number of rotatable bonds is 3. The van der Waals surface area contributed by atoms with Crippen LogP contribution < -0.4 is 5.73 Å². The molecule has 0 aliphatic heterocycles.